The number of carbonyl (C=O) groups is 1. The second-order valence-electron chi connectivity index (χ2n) is 4.23. The predicted octanol–water partition coefficient (Wildman–Crippen LogP) is 1.24. The molecule has 0 saturated heterocycles. The molecule has 1 amide bonds. The number of hydrogen-bond donors (Lipinski definition) is 3. The van der Waals surface area contributed by atoms with E-state index >= 15 is 0 Å². The van der Waals surface area contributed by atoms with E-state index in [4.69, 9.17) is 11.6 Å². The van der Waals surface area contributed by atoms with E-state index in [1.54, 1.807) is 0 Å². The van der Waals surface area contributed by atoms with Crippen LogP contribution in [0.3, 0.4) is 0 Å². The Morgan fingerprint density at radius 2 is 2.26 bits per heavy atom. The first-order chi connectivity index (χ1) is 11.1. The standard InChI is InChI=1S/C11H8ClFN8O2/c12-6-3-5(1-2-7(6)13)15-10(22)9-8(18-23-19-9)4-14-11-16-20-21-17-11/h1-3H,4H2,(H,15,22)(H2,14,16,17,20,21). The number of nitrogens with one attached hydrogen (secondary N) is 3. The molecule has 12 heteroatoms. The van der Waals surface area contributed by atoms with E-state index in [9.17, 15) is 9.18 Å². The third-order valence-corrected chi connectivity index (χ3v) is 3.00. The van der Waals surface area contributed by atoms with Crippen molar-refractivity contribution >= 4 is 29.1 Å². The molecule has 1 aromatic carbocycles. The molecule has 3 rings (SSSR count). The highest BCUT2D eigenvalue weighted by Gasteiger charge is 2.19. The maximum absolute atomic E-state index is 13.1. The van der Waals surface area contributed by atoms with Crippen molar-refractivity contribution in [1.29, 1.82) is 0 Å². The summed E-state index contributed by atoms with van der Waals surface area (Å²) >= 11 is 5.65. The molecule has 0 unspecified atom stereocenters. The highest BCUT2D eigenvalue weighted by atomic mass is 35.5. The molecular weight excluding hydrogens is 331 g/mol. The Labute approximate surface area is 132 Å². The fourth-order valence-corrected chi connectivity index (χ4v) is 1.84. The van der Waals surface area contributed by atoms with E-state index < -0.39 is 11.7 Å². The predicted molar refractivity (Wildman–Crippen MR) is 75.2 cm³/mol. The van der Waals surface area contributed by atoms with Gasteiger partial charge in [0, 0.05) is 5.69 Å². The van der Waals surface area contributed by atoms with Crippen LogP contribution in [0.5, 0.6) is 0 Å². The van der Waals surface area contributed by atoms with Gasteiger partial charge in [-0.1, -0.05) is 21.9 Å². The molecule has 23 heavy (non-hydrogen) atoms. The minimum absolute atomic E-state index is 0.0403. The van der Waals surface area contributed by atoms with Gasteiger partial charge in [0.1, 0.15) is 11.5 Å². The lowest BCUT2D eigenvalue weighted by Crippen LogP contribution is -2.16. The maximum atomic E-state index is 13.1. The number of carbonyl (C=O) groups excluding carboxylic acids is 1. The van der Waals surface area contributed by atoms with Gasteiger partial charge in [0.2, 0.25) is 0 Å². The minimum atomic E-state index is -0.585. The van der Waals surface area contributed by atoms with Crippen LogP contribution >= 0.6 is 11.6 Å². The van der Waals surface area contributed by atoms with Gasteiger partial charge in [-0.25, -0.2) is 9.02 Å². The average Bonchev–Trinajstić information content (AvgIpc) is 3.19. The highest BCUT2D eigenvalue weighted by Crippen LogP contribution is 2.20. The fraction of sp³-hybridized carbons (Fsp3) is 0.0909. The molecule has 0 bridgehead atoms. The van der Waals surface area contributed by atoms with Crippen molar-refractivity contribution < 1.29 is 13.8 Å². The van der Waals surface area contributed by atoms with Crippen molar-refractivity contribution in [3.05, 3.63) is 40.4 Å². The van der Waals surface area contributed by atoms with Gasteiger partial charge in [0.05, 0.1) is 11.6 Å². The zero-order chi connectivity index (χ0) is 16.2. The summed E-state index contributed by atoms with van der Waals surface area (Å²) in [6.07, 6.45) is 0. The van der Waals surface area contributed by atoms with Gasteiger partial charge in [0.25, 0.3) is 11.9 Å². The van der Waals surface area contributed by atoms with E-state index in [-0.39, 0.29) is 28.9 Å². The number of H-pyrrole nitrogens is 1. The summed E-state index contributed by atoms with van der Waals surface area (Å²) in [6, 6.07) is 3.78. The molecule has 0 aliphatic heterocycles. The van der Waals surface area contributed by atoms with Crippen LogP contribution in [-0.2, 0) is 6.54 Å². The van der Waals surface area contributed by atoms with Crippen molar-refractivity contribution in [3.8, 4) is 0 Å². The number of anilines is 2. The third-order valence-electron chi connectivity index (χ3n) is 2.71. The topological polar surface area (TPSA) is 135 Å². The lowest BCUT2D eigenvalue weighted by atomic mass is 10.2. The van der Waals surface area contributed by atoms with Gasteiger partial charge in [-0.15, -0.1) is 5.10 Å². The van der Waals surface area contributed by atoms with Gasteiger partial charge in [0.15, 0.2) is 5.69 Å². The molecule has 0 saturated carbocycles. The Kier molecular flexibility index (Phi) is 4.10. The van der Waals surface area contributed by atoms with Crippen molar-refractivity contribution in [1.82, 2.24) is 30.9 Å². The summed E-state index contributed by atoms with van der Waals surface area (Å²) in [7, 11) is 0. The molecule has 3 N–H and O–H groups in total. The quantitative estimate of drug-likeness (QED) is 0.632. The van der Waals surface area contributed by atoms with Gasteiger partial charge in [-0.2, -0.15) is 5.21 Å². The average molecular weight is 339 g/mol. The second-order valence-corrected chi connectivity index (χ2v) is 4.64. The van der Waals surface area contributed by atoms with Crippen LogP contribution in [-0.4, -0.2) is 36.8 Å². The number of hydrogen-bond acceptors (Lipinski definition) is 8. The first-order valence-corrected chi connectivity index (χ1v) is 6.56. The smallest absolute Gasteiger partial charge is 0.279 e. The molecule has 2 heterocycles. The summed E-state index contributed by atoms with van der Waals surface area (Å²) in [5.74, 6) is -0.943. The fourth-order valence-electron chi connectivity index (χ4n) is 1.66. The number of benzene rings is 1. The Morgan fingerprint density at radius 1 is 1.39 bits per heavy atom. The number of amides is 1. The van der Waals surface area contributed by atoms with E-state index in [2.05, 4.69) is 46.2 Å². The van der Waals surface area contributed by atoms with Gasteiger partial charge < -0.3 is 10.6 Å². The molecular formula is C11H8ClFN8O2. The lowest BCUT2D eigenvalue weighted by molar-refractivity contribution is 0.101. The molecule has 0 aliphatic carbocycles. The maximum Gasteiger partial charge on any atom is 0.279 e. The van der Waals surface area contributed by atoms with E-state index in [0.29, 0.717) is 5.69 Å². The Hall–Kier alpha value is -3.08. The second kappa shape index (κ2) is 6.36. The van der Waals surface area contributed by atoms with Crippen LogP contribution in [0.4, 0.5) is 16.0 Å². The molecule has 0 fully saturated rings. The zero-order valence-electron chi connectivity index (χ0n) is 11.2. The molecule has 0 atom stereocenters. The SMILES string of the molecule is O=C(Nc1ccc(F)c(Cl)c1)c1nonc1CNc1nn[nH]n1. The number of aromatic amines is 1. The Morgan fingerprint density at radius 3 is 3.00 bits per heavy atom. The van der Waals surface area contributed by atoms with Crippen molar-refractivity contribution in [2.75, 3.05) is 10.6 Å². The van der Waals surface area contributed by atoms with E-state index in [1.165, 1.54) is 12.1 Å². The van der Waals surface area contributed by atoms with Crippen LogP contribution in [0.2, 0.25) is 5.02 Å². The number of aromatic nitrogens is 6. The van der Waals surface area contributed by atoms with Gasteiger partial charge in [-0.3, -0.25) is 4.79 Å². The highest BCUT2D eigenvalue weighted by molar-refractivity contribution is 6.31. The molecule has 10 nitrogen and oxygen atoms in total. The molecule has 3 aromatic rings. The minimum Gasteiger partial charge on any atom is -0.346 e. The van der Waals surface area contributed by atoms with Crippen molar-refractivity contribution in [3.63, 3.8) is 0 Å². The number of rotatable bonds is 5. The van der Waals surface area contributed by atoms with Gasteiger partial charge in [-0.05, 0) is 28.6 Å². The van der Waals surface area contributed by atoms with Gasteiger partial charge >= 0.3 is 0 Å². The summed E-state index contributed by atoms with van der Waals surface area (Å²) in [5.41, 5.74) is 0.503. The van der Waals surface area contributed by atoms with Crippen molar-refractivity contribution in [2.24, 2.45) is 0 Å². The molecule has 0 radical (unpaired) electrons. The first kappa shape index (κ1) is 14.8. The third kappa shape index (κ3) is 3.40. The normalized spacial score (nSPS) is 10.5. The molecule has 0 spiro atoms. The Balaban J connectivity index is 1.70. The van der Waals surface area contributed by atoms with Crippen LogP contribution in [0.15, 0.2) is 22.8 Å². The van der Waals surface area contributed by atoms with Crippen LogP contribution in [0.1, 0.15) is 16.2 Å². The van der Waals surface area contributed by atoms with Crippen molar-refractivity contribution in [2.45, 2.75) is 6.54 Å². The zero-order valence-corrected chi connectivity index (χ0v) is 12.0. The first-order valence-electron chi connectivity index (χ1n) is 6.18. The summed E-state index contributed by atoms with van der Waals surface area (Å²) in [4.78, 5) is 12.2. The number of nitrogens with zero attached hydrogens (tertiary/aromatic N) is 5. The number of halogens is 2. The summed E-state index contributed by atoms with van der Waals surface area (Å²) in [5, 5.41) is 25.4. The number of tetrazole rings is 1. The largest absolute Gasteiger partial charge is 0.346 e. The van der Waals surface area contributed by atoms with Crippen LogP contribution in [0.25, 0.3) is 0 Å². The van der Waals surface area contributed by atoms with Crippen LogP contribution in [0, 0.1) is 5.82 Å². The van der Waals surface area contributed by atoms with Crippen LogP contribution < -0.4 is 10.6 Å². The summed E-state index contributed by atoms with van der Waals surface area (Å²) in [6.45, 7) is 0.0932. The molecule has 0 aliphatic rings. The summed E-state index contributed by atoms with van der Waals surface area (Å²) < 4.78 is 17.7. The Bertz CT molecular complexity index is 821. The van der Waals surface area contributed by atoms with E-state index in [1.807, 2.05) is 0 Å². The molecule has 118 valence electrons. The lowest BCUT2D eigenvalue weighted by Gasteiger charge is -2.04. The monoisotopic (exact) mass is 338 g/mol. The van der Waals surface area contributed by atoms with E-state index in [0.717, 1.165) is 6.07 Å². The molecule has 2 aromatic heterocycles.